The molecule has 0 amide bonds. The summed E-state index contributed by atoms with van der Waals surface area (Å²) < 4.78 is 40.3. The van der Waals surface area contributed by atoms with E-state index in [9.17, 15) is 17.9 Å². The van der Waals surface area contributed by atoms with Crippen LogP contribution in [0.4, 0.5) is 15.2 Å². The summed E-state index contributed by atoms with van der Waals surface area (Å²) >= 11 is 7.17. The third kappa shape index (κ3) is 3.43. The van der Waals surface area contributed by atoms with Crippen LogP contribution in [0.5, 0.6) is 0 Å². The van der Waals surface area contributed by atoms with E-state index in [-0.39, 0.29) is 26.8 Å². The Kier molecular flexibility index (Phi) is 5.12. The molecule has 1 N–H and O–H groups in total. The second-order valence-electron chi connectivity index (χ2n) is 7.01. The summed E-state index contributed by atoms with van der Waals surface area (Å²) in [5.41, 5.74) is 0.920. The standard InChI is InChI=1S/C18H18ClFN4O3S2/c1-9-10(2)28-18(21-9)23-22-16-17(25)24(11-5-3-4-6-11)14-7-12(19)13(20)8-15(14)29(16,26)27/h7-8,11,25H,3-6H2,1-2H3. The largest absolute Gasteiger partial charge is 0.492 e. The van der Waals surface area contributed by atoms with E-state index in [4.69, 9.17) is 11.6 Å². The highest BCUT2D eigenvalue weighted by Crippen LogP contribution is 2.44. The van der Waals surface area contributed by atoms with Crippen molar-refractivity contribution in [3.63, 3.8) is 0 Å². The van der Waals surface area contributed by atoms with Gasteiger partial charge in [-0.2, -0.15) is 0 Å². The number of thiazole rings is 1. The van der Waals surface area contributed by atoms with E-state index < -0.39 is 26.6 Å². The van der Waals surface area contributed by atoms with Gasteiger partial charge in [0.1, 0.15) is 10.7 Å². The van der Waals surface area contributed by atoms with Gasteiger partial charge in [0, 0.05) is 10.9 Å². The van der Waals surface area contributed by atoms with Gasteiger partial charge in [-0.25, -0.2) is 17.8 Å². The van der Waals surface area contributed by atoms with E-state index in [2.05, 4.69) is 15.2 Å². The average molecular weight is 457 g/mol. The number of aromatic nitrogens is 1. The smallest absolute Gasteiger partial charge is 0.242 e. The zero-order chi connectivity index (χ0) is 20.9. The minimum Gasteiger partial charge on any atom is -0.492 e. The molecule has 2 heterocycles. The van der Waals surface area contributed by atoms with Gasteiger partial charge in [-0.15, -0.1) is 10.2 Å². The van der Waals surface area contributed by atoms with Crippen LogP contribution in [0.15, 0.2) is 38.2 Å². The summed E-state index contributed by atoms with van der Waals surface area (Å²) in [5, 5.41) is 18.1. The Morgan fingerprint density at radius 2 is 1.97 bits per heavy atom. The molecular formula is C18H18ClFN4O3S2. The molecule has 0 radical (unpaired) electrons. The van der Waals surface area contributed by atoms with Crippen molar-refractivity contribution in [2.75, 3.05) is 4.90 Å². The molecule has 0 spiro atoms. The third-order valence-corrected chi connectivity index (χ3v) is 8.08. The lowest BCUT2D eigenvalue weighted by Gasteiger charge is -2.34. The second kappa shape index (κ2) is 7.33. The molecule has 154 valence electrons. The maximum absolute atomic E-state index is 14.1. The summed E-state index contributed by atoms with van der Waals surface area (Å²) in [6.45, 7) is 3.67. The van der Waals surface area contributed by atoms with E-state index in [1.165, 1.54) is 22.3 Å². The van der Waals surface area contributed by atoms with E-state index in [0.717, 1.165) is 42.3 Å². The molecule has 0 bridgehead atoms. The molecule has 29 heavy (non-hydrogen) atoms. The van der Waals surface area contributed by atoms with Crippen molar-refractivity contribution in [2.24, 2.45) is 10.2 Å². The Morgan fingerprint density at radius 3 is 2.59 bits per heavy atom. The lowest BCUT2D eigenvalue weighted by molar-refractivity contribution is 0.365. The maximum atomic E-state index is 14.1. The number of fused-ring (bicyclic) bond motifs is 1. The van der Waals surface area contributed by atoms with Gasteiger partial charge >= 0.3 is 0 Å². The molecule has 1 fully saturated rings. The van der Waals surface area contributed by atoms with Gasteiger partial charge in [-0.05, 0) is 38.8 Å². The average Bonchev–Trinajstić information content (AvgIpc) is 3.27. The van der Waals surface area contributed by atoms with Gasteiger partial charge in [-0.1, -0.05) is 35.8 Å². The Balaban J connectivity index is 1.88. The van der Waals surface area contributed by atoms with E-state index in [1.807, 2.05) is 13.8 Å². The van der Waals surface area contributed by atoms with Crippen LogP contribution in [0.25, 0.3) is 0 Å². The SMILES string of the molecule is Cc1nc(N=NC2=C(O)N(C3CCCC3)c3cc(Cl)c(F)cc3S2(=O)=O)sc1C. The number of halogens is 2. The molecular weight excluding hydrogens is 439 g/mol. The van der Waals surface area contributed by atoms with Crippen molar-refractivity contribution >= 4 is 43.6 Å². The number of sulfone groups is 1. The molecule has 2 aromatic rings. The monoisotopic (exact) mass is 456 g/mol. The van der Waals surface area contributed by atoms with Gasteiger partial charge in [0.25, 0.3) is 0 Å². The molecule has 0 unspecified atom stereocenters. The van der Waals surface area contributed by atoms with Gasteiger partial charge in [-0.3, -0.25) is 0 Å². The molecule has 1 aromatic carbocycles. The summed E-state index contributed by atoms with van der Waals surface area (Å²) in [6, 6.07) is 1.97. The van der Waals surface area contributed by atoms with Crippen LogP contribution in [0.1, 0.15) is 36.3 Å². The Morgan fingerprint density at radius 1 is 1.28 bits per heavy atom. The lowest BCUT2D eigenvalue weighted by Crippen LogP contribution is -2.38. The van der Waals surface area contributed by atoms with Crippen LogP contribution in [0, 0.1) is 19.7 Å². The van der Waals surface area contributed by atoms with Crippen molar-refractivity contribution in [1.29, 1.82) is 0 Å². The van der Waals surface area contributed by atoms with Crippen LogP contribution in [0.3, 0.4) is 0 Å². The topological polar surface area (TPSA) is 95.2 Å². The molecule has 4 rings (SSSR count). The quantitative estimate of drug-likeness (QED) is 0.610. The molecule has 0 atom stereocenters. The summed E-state index contributed by atoms with van der Waals surface area (Å²) in [6.07, 6.45) is 3.40. The fourth-order valence-corrected chi connectivity index (χ4v) is 5.86. The van der Waals surface area contributed by atoms with E-state index in [0.29, 0.717) is 0 Å². The van der Waals surface area contributed by atoms with Gasteiger partial charge in [0.2, 0.25) is 25.9 Å². The number of azo groups is 1. The lowest BCUT2D eigenvalue weighted by atomic mass is 10.1. The van der Waals surface area contributed by atoms with Crippen LogP contribution in [0.2, 0.25) is 5.02 Å². The minimum atomic E-state index is -4.30. The van der Waals surface area contributed by atoms with Crippen LogP contribution in [-0.2, 0) is 9.84 Å². The molecule has 7 nitrogen and oxygen atoms in total. The fourth-order valence-electron chi connectivity index (χ4n) is 3.58. The first-order valence-corrected chi connectivity index (χ1v) is 11.7. The minimum absolute atomic E-state index is 0.139. The highest BCUT2D eigenvalue weighted by atomic mass is 35.5. The molecule has 1 aliphatic carbocycles. The van der Waals surface area contributed by atoms with E-state index in [1.54, 1.807) is 0 Å². The summed E-state index contributed by atoms with van der Waals surface area (Å²) in [4.78, 5) is 6.33. The van der Waals surface area contributed by atoms with Crippen molar-refractivity contribution in [1.82, 2.24) is 4.98 Å². The number of aliphatic hydroxyl groups is 1. The Bertz CT molecular complexity index is 1130. The zero-order valence-electron chi connectivity index (χ0n) is 15.7. The van der Waals surface area contributed by atoms with Crippen molar-refractivity contribution in [2.45, 2.75) is 50.5 Å². The summed E-state index contributed by atoms with van der Waals surface area (Å²) in [5.74, 6) is -1.38. The highest BCUT2D eigenvalue weighted by molar-refractivity contribution is 7.95. The van der Waals surface area contributed by atoms with Gasteiger partial charge < -0.3 is 10.0 Å². The van der Waals surface area contributed by atoms with Crippen molar-refractivity contribution < 1.29 is 17.9 Å². The van der Waals surface area contributed by atoms with Crippen molar-refractivity contribution in [3.8, 4) is 0 Å². The number of hydrogen-bond acceptors (Lipinski definition) is 8. The number of aliphatic hydroxyl groups excluding tert-OH is 1. The fraction of sp³-hybridized carbons (Fsp3) is 0.389. The zero-order valence-corrected chi connectivity index (χ0v) is 18.1. The summed E-state index contributed by atoms with van der Waals surface area (Å²) in [7, 11) is -4.30. The molecule has 1 aliphatic heterocycles. The number of anilines is 1. The van der Waals surface area contributed by atoms with Crippen molar-refractivity contribution in [3.05, 3.63) is 44.5 Å². The first kappa shape index (κ1) is 20.2. The number of aryl methyl sites for hydroxylation is 2. The second-order valence-corrected chi connectivity index (χ2v) is 10.4. The molecule has 2 aliphatic rings. The first-order valence-electron chi connectivity index (χ1n) is 9.02. The number of hydrogen-bond donors (Lipinski definition) is 1. The van der Waals surface area contributed by atoms with Crippen LogP contribution in [-0.4, -0.2) is 24.6 Å². The first-order chi connectivity index (χ1) is 13.7. The molecule has 0 saturated heterocycles. The Hall–Kier alpha value is -2.04. The van der Waals surface area contributed by atoms with Crippen LogP contribution >= 0.6 is 22.9 Å². The molecule has 11 heteroatoms. The van der Waals surface area contributed by atoms with E-state index >= 15 is 0 Å². The molecule has 1 saturated carbocycles. The maximum Gasteiger partial charge on any atom is 0.242 e. The predicted octanol–water partition coefficient (Wildman–Crippen LogP) is 5.56. The number of rotatable bonds is 3. The van der Waals surface area contributed by atoms with Gasteiger partial charge in [0.15, 0.2) is 0 Å². The predicted molar refractivity (Wildman–Crippen MR) is 109 cm³/mol. The molecule has 1 aromatic heterocycles. The van der Waals surface area contributed by atoms with Crippen LogP contribution < -0.4 is 4.90 Å². The van der Waals surface area contributed by atoms with Gasteiger partial charge in [0.05, 0.1) is 16.4 Å². The Labute approximate surface area is 176 Å². The third-order valence-electron chi connectivity index (χ3n) is 5.16. The normalized spacial score (nSPS) is 19.4. The number of nitrogens with zero attached hydrogens (tertiary/aromatic N) is 4. The highest BCUT2D eigenvalue weighted by Gasteiger charge is 2.41. The number of benzene rings is 1.